The number of carbonyl (C=O) groups is 5. The molecular weight excluding hydrogens is 482 g/mol. The van der Waals surface area contributed by atoms with Gasteiger partial charge in [0.15, 0.2) is 0 Å². The molecule has 4 unspecified atom stereocenters. The summed E-state index contributed by atoms with van der Waals surface area (Å²) in [4.78, 5) is 60.7. The lowest BCUT2D eigenvalue weighted by Gasteiger charge is -2.25. The van der Waals surface area contributed by atoms with Gasteiger partial charge in [0.05, 0.1) is 6.04 Å². The summed E-state index contributed by atoms with van der Waals surface area (Å²) in [5, 5.41) is 17.2. The number of hydrogen-bond acceptors (Lipinski definition) is 8. The molecule has 4 atom stereocenters. The molecule has 0 aliphatic carbocycles. The Balaban J connectivity index is 5.39. The summed E-state index contributed by atoms with van der Waals surface area (Å²) in [5.74, 6) is -2.33. The van der Waals surface area contributed by atoms with Crippen LogP contribution in [0.15, 0.2) is 0 Å². The van der Waals surface area contributed by atoms with Crippen LogP contribution in [0, 0.1) is 5.92 Å². The molecule has 0 spiro atoms. The first-order valence-electron chi connectivity index (χ1n) is 11.1. The lowest BCUT2D eigenvalue weighted by atomic mass is 10.0. The van der Waals surface area contributed by atoms with Crippen molar-refractivity contribution >= 4 is 53.1 Å². The van der Waals surface area contributed by atoms with Gasteiger partial charge in [0.1, 0.15) is 18.1 Å². The van der Waals surface area contributed by atoms with E-state index in [1.165, 1.54) is 23.5 Å². The van der Waals surface area contributed by atoms with E-state index in [1.807, 2.05) is 26.4 Å². The maximum atomic E-state index is 13.0. The van der Waals surface area contributed by atoms with Crippen molar-refractivity contribution < 1.29 is 29.1 Å². The van der Waals surface area contributed by atoms with Crippen molar-refractivity contribution in [3.05, 3.63) is 0 Å². The topological polar surface area (TPSA) is 194 Å². The fourth-order valence-corrected chi connectivity index (χ4v) is 3.90. The Labute approximate surface area is 209 Å². The van der Waals surface area contributed by atoms with Gasteiger partial charge in [0, 0.05) is 6.42 Å². The Kier molecular flexibility index (Phi) is 16.4. The third kappa shape index (κ3) is 13.7. The van der Waals surface area contributed by atoms with E-state index in [1.54, 1.807) is 0 Å². The zero-order valence-corrected chi connectivity index (χ0v) is 21.9. The molecule has 0 saturated carbocycles. The summed E-state index contributed by atoms with van der Waals surface area (Å²) in [5.41, 5.74) is 10.9. The van der Waals surface area contributed by atoms with Crippen molar-refractivity contribution in [2.24, 2.45) is 17.4 Å². The van der Waals surface area contributed by atoms with Crippen LogP contribution in [-0.4, -0.2) is 82.9 Å². The van der Waals surface area contributed by atoms with E-state index in [-0.39, 0.29) is 31.6 Å². The van der Waals surface area contributed by atoms with Crippen molar-refractivity contribution in [1.29, 1.82) is 0 Å². The highest BCUT2D eigenvalue weighted by Crippen LogP contribution is 2.09. The van der Waals surface area contributed by atoms with Crippen molar-refractivity contribution in [1.82, 2.24) is 16.0 Å². The SMILES string of the molecule is CSCCC(NC(=O)C(N)CCC(N)=O)C(=O)NC(CCSC)C(=O)NC(CC(C)C)C(=O)O. The first-order valence-corrected chi connectivity index (χ1v) is 13.9. The lowest BCUT2D eigenvalue weighted by molar-refractivity contribution is -0.142. The summed E-state index contributed by atoms with van der Waals surface area (Å²) in [6.45, 7) is 3.70. The zero-order valence-electron chi connectivity index (χ0n) is 20.3. The van der Waals surface area contributed by atoms with Gasteiger partial charge in [-0.3, -0.25) is 19.2 Å². The minimum atomic E-state index is -1.15. The number of carboxylic acids is 1. The molecule has 8 N–H and O–H groups in total. The Bertz CT molecular complexity index is 695. The van der Waals surface area contributed by atoms with Crippen LogP contribution in [0.5, 0.6) is 0 Å². The molecule has 0 aliphatic rings. The van der Waals surface area contributed by atoms with Gasteiger partial charge in [0.25, 0.3) is 0 Å². The number of carboxylic acid groups (broad SMARTS) is 1. The molecule has 0 aliphatic heterocycles. The third-order valence-corrected chi connectivity index (χ3v) is 6.14. The number of aliphatic carboxylic acids is 1. The van der Waals surface area contributed by atoms with Gasteiger partial charge < -0.3 is 32.5 Å². The second-order valence-electron chi connectivity index (χ2n) is 8.33. The molecule has 0 radical (unpaired) electrons. The van der Waals surface area contributed by atoms with Gasteiger partial charge >= 0.3 is 5.97 Å². The molecule has 0 aromatic rings. The first kappa shape index (κ1) is 32.0. The molecule has 196 valence electrons. The van der Waals surface area contributed by atoms with Crippen LogP contribution < -0.4 is 27.4 Å². The molecule has 0 heterocycles. The third-order valence-electron chi connectivity index (χ3n) is 4.85. The second-order valence-corrected chi connectivity index (χ2v) is 10.3. The van der Waals surface area contributed by atoms with Gasteiger partial charge in [-0.2, -0.15) is 23.5 Å². The number of thioether (sulfide) groups is 2. The summed E-state index contributed by atoms with van der Waals surface area (Å²) in [7, 11) is 0. The molecule has 0 rings (SSSR count). The fraction of sp³-hybridized carbons (Fsp3) is 0.762. The second kappa shape index (κ2) is 17.4. The van der Waals surface area contributed by atoms with E-state index >= 15 is 0 Å². The molecule has 0 aromatic heterocycles. The number of nitrogens with two attached hydrogens (primary N) is 2. The minimum Gasteiger partial charge on any atom is -0.480 e. The molecule has 4 amide bonds. The van der Waals surface area contributed by atoms with Crippen LogP contribution in [0.3, 0.4) is 0 Å². The molecule has 34 heavy (non-hydrogen) atoms. The van der Waals surface area contributed by atoms with Crippen LogP contribution in [0.1, 0.15) is 46.0 Å². The standard InChI is InChI=1S/C21H39N5O6S2/c1-12(2)11-16(21(31)32)26-20(30)15(8-10-34-4)25-19(29)14(7-9-33-3)24-18(28)13(22)5-6-17(23)27/h12-16H,5-11,22H2,1-4H3,(H2,23,27)(H,24,28)(H,25,29)(H,26,30)(H,31,32). The van der Waals surface area contributed by atoms with Crippen LogP contribution >= 0.6 is 23.5 Å². The first-order chi connectivity index (χ1) is 15.9. The Morgan fingerprint density at radius 1 is 0.794 bits per heavy atom. The van der Waals surface area contributed by atoms with Crippen molar-refractivity contribution in [2.75, 3.05) is 24.0 Å². The summed E-state index contributed by atoms with van der Waals surface area (Å²) >= 11 is 2.96. The normalized spacial score (nSPS) is 14.5. The highest BCUT2D eigenvalue weighted by atomic mass is 32.2. The van der Waals surface area contributed by atoms with Crippen LogP contribution in [0.4, 0.5) is 0 Å². The molecule has 0 saturated heterocycles. The zero-order chi connectivity index (χ0) is 26.3. The monoisotopic (exact) mass is 521 g/mol. The largest absolute Gasteiger partial charge is 0.480 e. The van der Waals surface area contributed by atoms with Gasteiger partial charge in [-0.05, 0) is 55.6 Å². The predicted molar refractivity (Wildman–Crippen MR) is 135 cm³/mol. The van der Waals surface area contributed by atoms with E-state index in [2.05, 4.69) is 16.0 Å². The number of nitrogens with one attached hydrogen (secondary N) is 3. The minimum absolute atomic E-state index is 0.0449. The average Bonchev–Trinajstić information content (AvgIpc) is 2.76. The molecular formula is C21H39N5O6S2. The Morgan fingerprint density at radius 3 is 1.62 bits per heavy atom. The molecule has 0 aromatic carbocycles. The number of carbonyl (C=O) groups excluding carboxylic acids is 4. The highest BCUT2D eigenvalue weighted by molar-refractivity contribution is 7.98. The number of amides is 4. The number of primary amides is 1. The van der Waals surface area contributed by atoms with Crippen molar-refractivity contribution in [2.45, 2.75) is 70.1 Å². The molecule has 11 nitrogen and oxygen atoms in total. The Morgan fingerprint density at radius 2 is 1.24 bits per heavy atom. The lowest BCUT2D eigenvalue weighted by Crippen LogP contribution is -2.57. The van der Waals surface area contributed by atoms with Gasteiger partial charge in [-0.25, -0.2) is 4.79 Å². The summed E-state index contributed by atoms with van der Waals surface area (Å²) in [6.07, 6.45) is 4.52. The summed E-state index contributed by atoms with van der Waals surface area (Å²) in [6, 6.07) is -4.00. The van der Waals surface area contributed by atoms with E-state index in [0.717, 1.165) is 0 Å². The van der Waals surface area contributed by atoms with Gasteiger partial charge in [-0.1, -0.05) is 13.8 Å². The van der Waals surface area contributed by atoms with E-state index in [4.69, 9.17) is 11.5 Å². The smallest absolute Gasteiger partial charge is 0.326 e. The molecule has 13 heteroatoms. The van der Waals surface area contributed by atoms with E-state index < -0.39 is 53.8 Å². The van der Waals surface area contributed by atoms with E-state index in [9.17, 15) is 29.1 Å². The van der Waals surface area contributed by atoms with Gasteiger partial charge in [-0.15, -0.1) is 0 Å². The quantitative estimate of drug-likeness (QED) is 0.140. The van der Waals surface area contributed by atoms with E-state index in [0.29, 0.717) is 17.9 Å². The average molecular weight is 522 g/mol. The highest BCUT2D eigenvalue weighted by Gasteiger charge is 2.30. The van der Waals surface area contributed by atoms with Crippen LogP contribution in [0.25, 0.3) is 0 Å². The predicted octanol–water partition coefficient (Wildman–Crippen LogP) is -0.329. The Hall–Kier alpha value is -1.99. The fourth-order valence-electron chi connectivity index (χ4n) is 2.95. The maximum absolute atomic E-state index is 13.0. The maximum Gasteiger partial charge on any atom is 0.326 e. The molecule has 0 fully saturated rings. The van der Waals surface area contributed by atoms with Crippen molar-refractivity contribution in [3.8, 4) is 0 Å². The molecule has 0 bridgehead atoms. The van der Waals surface area contributed by atoms with Gasteiger partial charge in [0.2, 0.25) is 23.6 Å². The number of rotatable bonds is 18. The van der Waals surface area contributed by atoms with Crippen LogP contribution in [-0.2, 0) is 24.0 Å². The van der Waals surface area contributed by atoms with Crippen molar-refractivity contribution in [3.63, 3.8) is 0 Å². The summed E-state index contributed by atoms with van der Waals surface area (Å²) < 4.78 is 0. The number of hydrogen-bond donors (Lipinski definition) is 6. The van der Waals surface area contributed by atoms with Crippen LogP contribution in [0.2, 0.25) is 0 Å².